The lowest BCUT2D eigenvalue weighted by atomic mass is 10.3. The molecule has 0 radical (unpaired) electrons. The van der Waals surface area contributed by atoms with Gasteiger partial charge in [-0.1, -0.05) is 18.2 Å². The van der Waals surface area contributed by atoms with E-state index in [0.717, 1.165) is 42.6 Å². The van der Waals surface area contributed by atoms with Crippen molar-refractivity contribution in [3.05, 3.63) is 78.1 Å². The molecule has 3 heterocycles. The third-order valence-corrected chi connectivity index (χ3v) is 6.88. The van der Waals surface area contributed by atoms with Gasteiger partial charge in [-0.2, -0.15) is 4.98 Å². The van der Waals surface area contributed by atoms with E-state index in [0.29, 0.717) is 11.8 Å². The monoisotopic (exact) mass is 464 g/mol. The Kier molecular flexibility index (Phi) is 6.29. The van der Waals surface area contributed by atoms with Crippen LogP contribution in [0.1, 0.15) is 0 Å². The Morgan fingerprint density at radius 1 is 0.938 bits per heavy atom. The second-order valence-corrected chi connectivity index (χ2v) is 9.29. The molecule has 2 aromatic heterocycles. The number of rotatable bonds is 6. The Bertz CT molecular complexity index is 1150. The summed E-state index contributed by atoms with van der Waals surface area (Å²) in [6.45, 7) is 3.48. The maximum Gasteiger partial charge on any atom is 0.228 e. The largest absolute Gasteiger partial charge is 0.340 e. The molecule has 5 rings (SSSR count). The molecule has 1 fully saturated rings. The summed E-state index contributed by atoms with van der Waals surface area (Å²) < 4.78 is 15.6. The van der Waals surface area contributed by atoms with Gasteiger partial charge in [0.1, 0.15) is 22.3 Å². The van der Waals surface area contributed by atoms with Gasteiger partial charge in [0, 0.05) is 54.4 Å². The van der Waals surface area contributed by atoms with Crippen molar-refractivity contribution in [2.45, 2.75) is 4.90 Å². The van der Waals surface area contributed by atoms with Gasteiger partial charge in [0.25, 0.3) is 0 Å². The van der Waals surface area contributed by atoms with Gasteiger partial charge < -0.3 is 10.2 Å². The molecule has 2 aromatic carbocycles. The van der Waals surface area contributed by atoms with Crippen molar-refractivity contribution in [2.24, 2.45) is 0 Å². The van der Waals surface area contributed by atoms with Gasteiger partial charge in [-0.25, -0.2) is 18.7 Å². The first-order chi connectivity index (χ1) is 15.7. The average Bonchev–Trinajstić information content (AvgIpc) is 3.37. The van der Waals surface area contributed by atoms with Crippen molar-refractivity contribution in [3.63, 3.8) is 0 Å². The van der Waals surface area contributed by atoms with Gasteiger partial charge in [0.2, 0.25) is 5.95 Å². The molecule has 6 nitrogen and oxygen atoms in total. The van der Waals surface area contributed by atoms with Crippen LogP contribution < -0.4 is 10.2 Å². The van der Waals surface area contributed by atoms with Crippen LogP contribution in [0.3, 0.4) is 0 Å². The summed E-state index contributed by atoms with van der Waals surface area (Å²) in [6, 6.07) is 18.5. The van der Waals surface area contributed by atoms with Gasteiger partial charge in [-0.3, -0.25) is 0 Å². The van der Waals surface area contributed by atoms with Gasteiger partial charge in [0.15, 0.2) is 0 Å². The molecule has 0 atom stereocenters. The van der Waals surface area contributed by atoms with E-state index in [1.807, 2.05) is 17.5 Å². The Morgan fingerprint density at radius 2 is 1.72 bits per heavy atom. The molecule has 0 bridgehead atoms. The molecule has 0 unspecified atom stereocenters. The van der Waals surface area contributed by atoms with E-state index in [1.54, 1.807) is 41.6 Å². The zero-order valence-electron chi connectivity index (χ0n) is 17.2. The highest BCUT2D eigenvalue weighted by molar-refractivity contribution is 7.97. The summed E-state index contributed by atoms with van der Waals surface area (Å²) in [5.41, 5.74) is 1.54. The first-order valence-corrected chi connectivity index (χ1v) is 11.9. The number of nitrogens with zero attached hydrogens (tertiary/aromatic N) is 5. The lowest BCUT2D eigenvalue weighted by Gasteiger charge is -2.34. The van der Waals surface area contributed by atoms with Crippen molar-refractivity contribution >= 4 is 40.7 Å². The fraction of sp³-hybridized carbons (Fsp3) is 0.174. The second-order valence-electron chi connectivity index (χ2n) is 7.23. The van der Waals surface area contributed by atoms with E-state index in [2.05, 4.69) is 43.8 Å². The Balaban J connectivity index is 1.34. The molecule has 0 amide bonds. The quantitative estimate of drug-likeness (QED) is 0.388. The van der Waals surface area contributed by atoms with Gasteiger partial charge in [-0.15, -0.1) is 11.3 Å². The number of aromatic nitrogens is 3. The Hall–Kier alpha value is -3.01. The van der Waals surface area contributed by atoms with Crippen molar-refractivity contribution < 1.29 is 4.39 Å². The third kappa shape index (κ3) is 5.07. The molecule has 1 aliphatic heterocycles. The zero-order valence-corrected chi connectivity index (χ0v) is 18.8. The average molecular weight is 465 g/mol. The minimum absolute atomic E-state index is 0.270. The molecule has 0 saturated carbocycles. The standard InChI is InChI=1S/C23H21FN6S2/c24-17-6-8-18(9-7-17)26-21-16-20(22-25-10-15-31-22)27-23(28-21)29-11-13-30(14-12-29)32-19-4-2-1-3-5-19/h1-10,15-16H,11-14H2,(H,26,27,28). The van der Waals surface area contributed by atoms with Crippen LogP contribution in [0.5, 0.6) is 0 Å². The van der Waals surface area contributed by atoms with E-state index in [4.69, 9.17) is 9.97 Å². The van der Waals surface area contributed by atoms with Crippen molar-refractivity contribution in [3.8, 4) is 10.7 Å². The second kappa shape index (κ2) is 9.64. The Labute approximate surface area is 194 Å². The van der Waals surface area contributed by atoms with Crippen LogP contribution >= 0.6 is 23.3 Å². The predicted molar refractivity (Wildman–Crippen MR) is 129 cm³/mol. The van der Waals surface area contributed by atoms with Crippen molar-refractivity contribution in [1.82, 2.24) is 19.3 Å². The van der Waals surface area contributed by atoms with E-state index in [9.17, 15) is 4.39 Å². The zero-order chi connectivity index (χ0) is 21.8. The van der Waals surface area contributed by atoms with Crippen LogP contribution in [0.2, 0.25) is 0 Å². The van der Waals surface area contributed by atoms with Crippen molar-refractivity contribution in [1.29, 1.82) is 0 Å². The van der Waals surface area contributed by atoms with Crippen molar-refractivity contribution in [2.75, 3.05) is 36.4 Å². The normalized spacial score (nSPS) is 14.5. The number of hydrogen-bond donors (Lipinski definition) is 1. The molecule has 0 aliphatic carbocycles. The van der Waals surface area contributed by atoms with Crippen LogP contribution in [0, 0.1) is 5.82 Å². The molecule has 1 saturated heterocycles. The first kappa shape index (κ1) is 20.9. The summed E-state index contributed by atoms with van der Waals surface area (Å²) in [6.07, 6.45) is 1.77. The Morgan fingerprint density at radius 3 is 2.44 bits per heavy atom. The number of anilines is 3. The summed E-state index contributed by atoms with van der Waals surface area (Å²) in [4.78, 5) is 17.4. The van der Waals surface area contributed by atoms with Crippen LogP contribution in [0.15, 0.2) is 77.1 Å². The molecule has 32 heavy (non-hydrogen) atoms. The molecule has 4 aromatic rings. The SMILES string of the molecule is Fc1ccc(Nc2cc(-c3nccs3)nc(N3CCN(Sc4ccccc4)CC3)n2)cc1. The highest BCUT2D eigenvalue weighted by Crippen LogP contribution is 2.28. The minimum Gasteiger partial charge on any atom is -0.340 e. The molecule has 1 N–H and O–H groups in total. The lowest BCUT2D eigenvalue weighted by Crippen LogP contribution is -2.44. The highest BCUT2D eigenvalue weighted by atomic mass is 32.2. The summed E-state index contributed by atoms with van der Waals surface area (Å²) in [5, 5.41) is 6.05. The minimum atomic E-state index is -0.270. The van der Waals surface area contributed by atoms with Gasteiger partial charge >= 0.3 is 0 Å². The number of benzene rings is 2. The van der Waals surface area contributed by atoms with Gasteiger partial charge in [-0.05, 0) is 48.3 Å². The lowest BCUT2D eigenvalue weighted by molar-refractivity contribution is 0.426. The topological polar surface area (TPSA) is 57.2 Å². The molecule has 162 valence electrons. The maximum absolute atomic E-state index is 13.3. The first-order valence-electron chi connectivity index (χ1n) is 10.3. The van der Waals surface area contributed by atoms with Crippen LogP contribution in [0.4, 0.5) is 21.8 Å². The number of piperazine rings is 1. The fourth-order valence-electron chi connectivity index (χ4n) is 3.39. The molecular weight excluding hydrogens is 443 g/mol. The van der Waals surface area contributed by atoms with E-state index in [-0.39, 0.29) is 5.82 Å². The van der Waals surface area contributed by atoms with Crippen LogP contribution in [-0.2, 0) is 0 Å². The van der Waals surface area contributed by atoms with E-state index in [1.165, 1.54) is 17.0 Å². The molecule has 9 heteroatoms. The third-order valence-electron chi connectivity index (χ3n) is 4.98. The van der Waals surface area contributed by atoms with E-state index < -0.39 is 0 Å². The summed E-state index contributed by atoms with van der Waals surface area (Å²) in [5.74, 6) is 1.06. The summed E-state index contributed by atoms with van der Waals surface area (Å²) in [7, 11) is 0. The maximum atomic E-state index is 13.3. The number of thiazole rings is 1. The highest BCUT2D eigenvalue weighted by Gasteiger charge is 2.21. The van der Waals surface area contributed by atoms with E-state index >= 15 is 0 Å². The molecular formula is C23H21FN6S2. The number of hydrogen-bond acceptors (Lipinski definition) is 8. The van der Waals surface area contributed by atoms with Gasteiger partial charge in [0.05, 0.1) is 0 Å². The number of nitrogens with one attached hydrogen (secondary N) is 1. The molecule has 1 aliphatic rings. The van der Waals surface area contributed by atoms with Crippen LogP contribution in [-0.4, -0.2) is 45.4 Å². The summed E-state index contributed by atoms with van der Waals surface area (Å²) >= 11 is 3.32. The smallest absolute Gasteiger partial charge is 0.228 e. The predicted octanol–water partition coefficient (Wildman–Crippen LogP) is 5.31. The number of halogens is 1. The van der Waals surface area contributed by atoms with Crippen LogP contribution in [0.25, 0.3) is 10.7 Å². The molecule has 0 spiro atoms. The fourth-order valence-corrected chi connectivity index (χ4v) is 4.91.